The van der Waals surface area contributed by atoms with Gasteiger partial charge >= 0.3 is 0 Å². The van der Waals surface area contributed by atoms with Crippen LogP contribution in [-0.2, 0) is 0 Å². The van der Waals surface area contributed by atoms with E-state index in [1.807, 2.05) is 36.4 Å². The fourth-order valence-electron chi connectivity index (χ4n) is 6.39. The van der Waals surface area contributed by atoms with E-state index in [2.05, 4.69) is 117 Å². The van der Waals surface area contributed by atoms with Gasteiger partial charge in [-0.3, -0.25) is 0 Å². The normalized spacial score (nSPS) is 12.1. The van der Waals surface area contributed by atoms with E-state index in [4.69, 9.17) is 8.83 Å². The van der Waals surface area contributed by atoms with Crippen molar-refractivity contribution in [1.29, 1.82) is 0 Å². The molecule has 2 heteroatoms. The molecule has 0 fully saturated rings. The first kappa shape index (κ1) is 25.1. The van der Waals surface area contributed by atoms with Crippen LogP contribution in [0.3, 0.4) is 0 Å². The third-order valence-corrected chi connectivity index (χ3v) is 8.44. The van der Waals surface area contributed by atoms with Gasteiger partial charge in [0.15, 0.2) is 0 Å². The Balaban J connectivity index is 1.29. The third kappa shape index (κ3) is 4.11. The summed E-state index contributed by atoms with van der Waals surface area (Å²) in [5.41, 5.74) is 8.48. The number of rotatable bonds is 5. The van der Waals surface area contributed by atoms with Crippen molar-refractivity contribution >= 4 is 61.2 Å². The van der Waals surface area contributed by atoms with Crippen molar-refractivity contribution in [3.63, 3.8) is 0 Å². The lowest BCUT2D eigenvalue weighted by Gasteiger charge is -2.15. The molecule has 6 aromatic carbocycles. The standard InChI is InChI=1S/C41H28O2/c1-3-29-30-14-7-8-15-31(30)36-25-28(27-12-5-4-6-13-27)20-21-32(36)35(29)24-26(2)37-22-23-39(42-37)34-17-11-19-40-41(34)33-16-9-10-18-38(33)43-40/h3-25H,1H2,2H3/b26-24+. The highest BCUT2D eigenvalue weighted by Gasteiger charge is 2.17. The Hall–Kier alpha value is -5.60. The molecule has 0 aliphatic heterocycles. The van der Waals surface area contributed by atoms with Crippen molar-refractivity contribution < 1.29 is 8.83 Å². The van der Waals surface area contributed by atoms with Gasteiger partial charge in [0.25, 0.3) is 0 Å². The van der Waals surface area contributed by atoms with Gasteiger partial charge in [-0.15, -0.1) is 0 Å². The van der Waals surface area contributed by atoms with Gasteiger partial charge in [-0.2, -0.15) is 0 Å². The van der Waals surface area contributed by atoms with Crippen LogP contribution < -0.4 is 0 Å². The summed E-state index contributed by atoms with van der Waals surface area (Å²) >= 11 is 0. The molecule has 0 spiro atoms. The van der Waals surface area contributed by atoms with Gasteiger partial charge in [0, 0.05) is 16.3 Å². The summed E-state index contributed by atoms with van der Waals surface area (Å²) < 4.78 is 12.7. The van der Waals surface area contributed by atoms with Crippen LogP contribution in [0.1, 0.15) is 23.8 Å². The molecule has 2 aromatic heterocycles. The molecule has 0 aliphatic rings. The molecule has 0 bridgehead atoms. The first-order valence-corrected chi connectivity index (χ1v) is 14.5. The number of fused-ring (bicyclic) bond motifs is 6. The van der Waals surface area contributed by atoms with Crippen LogP contribution >= 0.6 is 0 Å². The fraction of sp³-hybridized carbons (Fsp3) is 0.0244. The summed E-state index contributed by atoms with van der Waals surface area (Å²) in [6, 6.07) is 44.3. The average Bonchev–Trinajstić information content (AvgIpc) is 3.71. The zero-order valence-corrected chi connectivity index (χ0v) is 23.8. The van der Waals surface area contributed by atoms with Crippen molar-refractivity contribution in [2.24, 2.45) is 0 Å². The Bertz CT molecular complexity index is 2360. The van der Waals surface area contributed by atoms with Crippen LogP contribution in [0.2, 0.25) is 0 Å². The van der Waals surface area contributed by atoms with E-state index in [0.717, 1.165) is 55.7 Å². The van der Waals surface area contributed by atoms with Crippen LogP contribution in [0.15, 0.2) is 143 Å². The summed E-state index contributed by atoms with van der Waals surface area (Å²) in [6.07, 6.45) is 4.22. The van der Waals surface area contributed by atoms with Crippen molar-refractivity contribution in [2.75, 3.05) is 0 Å². The Morgan fingerprint density at radius 1 is 0.558 bits per heavy atom. The molecule has 0 saturated heterocycles. The van der Waals surface area contributed by atoms with E-state index in [1.165, 1.54) is 32.7 Å². The number of allylic oxidation sites excluding steroid dienone is 1. The van der Waals surface area contributed by atoms with Gasteiger partial charge in [-0.05, 0) is 92.7 Å². The van der Waals surface area contributed by atoms with Gasteiger partial charge in [0.2, 0.25) is 0 Å². The maximum atomic E-state index is 6.54. The molecule has 0 N–H and O–H groups in total. The zero-order chi connectivity index (χ0) is 28.9. The topological polar surface area (TPSA) is 26.3 Å². The van der Waals surface area contributed by atoms with Crippen LogP contribution in [-0.4, -0.2) is 0 Å². The van der Waals surface area contributed by atoms with E-state index < -0.39 is 0 Å². The first-order valence-electron chi connectivity index (χ1n) is 14.5. The van der Waals surface area contributed by atoms with Crippen molar-refractivity contribution in [3.05, 3.63) is 151 Å². The smallest absolute Gasteiger partial charge is 0.136 e. The molecule has 0 amide bonds. The van der Waals surface area contributed by atoms with E-state index in [0.29, 0.717) is 0 Å². The molecule has 0 atom stereocenters. The van der Waals surface area contributed by atoms with E-state index in [1.54, 1.807) is 0 Å². The second-order valence-electron chi connectivity index (χ2n) is 11.0. The van der Waals surface area contributed by atoms with Crippen LogP contribution in [0.25, 0.3) is 83.7 Å². The average molecular weight is 553 g/mol. The summed E-state index contributed by atoms with van der Waals surface area (Å²) in [7, 11) is 0. The summed E-state index contributed by atoms with van der Waals surface area (Å²) in [5, 5.41) is 6.98. The third-order valence-electron chi connectivity index (χ3n) is 8.44. The highest BCUT2D eigenvalue weighted by molar-refractivity contribution is 6.16. The molecule has 8 rings (SSSR count). The second-order valence-corrected chi connectivity index (χ2v) is 11.0. The van der Waals surface area contributed by atoms with Crippen LogP contribution in [0.5, 0.6) is 0 Å². The predicted octanol–water partition coefficient (Wildman–Crippen LogP) is 12.0. The molecule has 43 heavy (non-hydrogen) atoms. The van der Waals surface area contributed by atoms with Gasteiger partial charge in [0.1, 0.15) is 22.7 Å². The SMILES string of the molecule is C=Cc1c(/C=C(\C)c2ccc(-c3cccc4oc5ccccc5c34)o2)c2ccc(-c3ccccc3)cc2c2ccccc12. The lowest BCUT2D eigenvalue weighted by atomic mass is 9.89. The summed E-state index contributed by atoms with van der Waals surface area (Å²) in [5.74, 6) is 1.65. The minimum absolute atomic E-state index is 0.819. The van der Waals surface area contributed by atoms with E-state index in [9.17, 15) is 0 Å². The maximum absolute atomic E-state index is 6.54. The predicted molar refractivity (Wildman–Crippen MR) is 182 cm³/mol. The molecule has 2 nitrogen and oxygen atoms in total. The molecule has 0 radical (unpaired) electrons. The Labute approximate surface area is 249 Å². The highest BCUT2D eigenvalue weighted by Crippen LogP contribution is 2.40. The number of hydrogen-bond donors (Lipinski definition) is 0. The molecule has 204 valence electrons. The zero-order valence-electron chi connectivity index (χ0n) is 23.8. The summed E-state index contributed by atoms with van der Waals surface area (Å²) in [6.45, 7) is 6.34. The Morgan fingerprint density at radius 3 is 2.12 bits per heavy atom. The number of para-hydroxylation sites is 1. The van der Waals surface area contributed by atoms with Crippen molar-refractivity contribution in [1.82, 2.24) is 0 Å². The fourth-order valence-corrected chi connectivity index (χ4v) is 6.39. The molecular weight excluding hydrogens is 524 g/mol. The lowest BCUT2D eigenvalue weighted by Crippen LogP contribution is -1.91. The second kappa shape index (κ2) is 10.0. The molecule has 0 unspecified atom stereocenters. The minimum Gasteiger partial charge on any atom is -0.456 e. The highest BCUT2D eigenvalue weighted by atomic mass is 16.3. The largest absolute Gasteiger partial charge is 0.456 e. The van der Waals surface area contributed by atoms with E-state index in [-0.39, 0.29) is 0 Å². The Morgan fingerprint density at radius 2 is 1.28 bits per heavy atom. The minimum atomic E-state index is 0.819. The number of hydrogen-bond acceptors (Lipinski definition) is 2. The Kier molecular flexibility index (Phi) is 5.87. The van der Waals surface area contributed by atoms with Crippen LogP contribution in [0, 0.1) is 0 Å². The summed E-state index contributed by atoms with van der Waals surface area (Å²) in [4.78, 5) is 0. The van der Waals surface area contributed by atoms with Gasteiger partial charge in [0.05, 0.1) is 0 Å². The quantitative estimate of drug-likeness (QED) is 0.199. The number of benzene rings is 6. The van der Waals surface area contributed by atoms with Gasteiger partial charge in [-0.1, -0.05) is 110 Å². The first-order chi connectivity index (χ1) is 21.2. The van der Waals surface area contributed by atoms with Crippen molar-refractivity contribution in [2.45, 2.75) is 6.92 Å². The van der Waals surface area contributed by atoms with Gasteiger partial charge < -0.3 is 8.83 Å². The lowest BCUT2D eigenvalue weighted by molar-refractivity contribution is 0.568. The van der Waals surface area contributed by atoms with Crippen LogP contribution in [0.4, 0.5) is 0 Å². The monoisotopic (exact) mass is 552 g/mol. The maximum Gasteiger partial charge on any atom is 0.136 e. The van der Waals surface area contributed by atoms with Crippen molar-refractivity contribution in [3.8, 4) is 22.5 Å². The molecule has 8 aromatic rings. The molecule has 0 saturated carbocycles. The molecule has 2 heterocycles. The molecule has 0 aliphatic carbocycles. The number of furan rings is 2. The molecular formula is C41H28O2. The van der Waals surface area contributed by atoms with E-state index >= 15 is 0 Å². The van der Waals surface area contributed by atoms with Gasteiger partial charge in [-0.25, -0.2) is 0 Å².